The molecule has 0 aliphatic carbocycles. The first-order valence-electron chi connectivity index (χ1n) is 5.43. The van der Waals surface area contributed by atoms with Crippen LogP contribution in [-0.4, -0.2) is 22.5 Å². The van der Waals surface area contributed by atoms with Crippen LogP contribution in [0, 0.1) is 0 Å². The maximum atomic E-state index is 10.7. The number of rotatable bonds is 4. The Balaban J connectivity index is 2.24. The molecule has 1 heterocycles. The zero-order valence-electron chi connectivity index (χ0n) is 9.69. The number of nitrogens with zero attached hydrogens (tertiary/aromatic N) is 2. The van der Waals surface area contributed by atoms with E-state index in [-0.39, 0.29) is 12.6 Å². The number of benzene rings is 1. The molecule has 1 aromatic carbocycles. The Labute approximate surface area is 104 Å². The van der Waals surface area contributed by atoms with Crippen molar-refractivity contribution in [3.05, 3.63) is 48.3 Å². The highest BCUT2D eigenvalue weighted by Crippen LogP contribution is 2.19. The van der Waals surface area contributed by atoms with Crippen LogP contribution in [0.1, 0.15) is 11.6 Å². The molecule has 0 saturated heterocycles. The minimum atomic E-state index is -0.803. The van der Waals surface area contributed by atoms with E-state index in [0.29, 0.717) is 5.69 Å². The summed E-state index contributed by atoms with van der Waals surface area (Å²) in [5.74, 6) is 0. The molecule has 6 heteroatoms. The van der Waals surface area contributed by atoms with Gasteiger partial charge < -0.3 is 16.2 Å². The van der Waals surface area contributed by atoms with Crippen LogP contribution >= 0.6 is 0 Å². The van der Waals surface area contributed by atoms with Gasteiger partial charge in [0.1, 0.15) is 12.6 Å². The van der Waals surface area contributed by atoms with Crippen LogP contribution in [0.15, 0.2) is 42.7 Å². The van der Waals surface area contributed by atoms with E-state index in [0.717, 1.165) is 5.56 Å². The second kappa shape index (κ2) is 5.22. The van der Waals surface area contributed by atoms with Gasteiger partial charge >= 0.3 is 6.09 Å². The highest BCUT2D eigenvalue weighted by Gasteiger charge is 2.15. The number of hydrogen-bond donors (Lipinski definition) is 2. The molecule has 2 rings (SSSR count). The summed E-state index contributed by atoms with van der Waals surface area (Å²) in [6, 6.07) is 8.90. The second-order valence-electron chi connectivity index (χ2n) is 3.80. The van der Waals surface area contributed by atoms with Crippen molar-refractivity contribution >= 4 is 11.8 Å². The van der Waals surface area contributed by atoms with E-state index in [1.165, 1.54) is 0 Å². The Morgan fingerprint density at radius 2 is 2.11 bits per heavy atom. The smallest absolute Gasteiger partial charge is 0.404 e. The molecule has 0 aliphatic heterocycles. The molecule has 0 fully saturated rings. The zero-order valence-corrected chi connectivity index (χ0v) is 9.69. The number of amides is 1. The van der Waals surface area contributed by atoms with E-state index >= 15 is 0 Å². The summed E-state index contributed by atoms with van der Waals surface area (Å²) in [7, 11) is 0. The van der Waals surface area contributed by atoms with E-state index in [1.54, 1.807) is 35.3 Å². The highest BCUT2D eigenvalue weighted by atomic mass is 16.5. The van der Waals surface area contributed by atoms with E-state index in [1.807, 2.05) is 12.1 Å². The molecule has 94 valence electrons. The van der Waals surface area contributed by atoms with Gasteiger partial charge in [-0.15, -0.1) is 0 Å². The van der Waals surface area contributed by atoms with Crippen molar-refractivity contribution in [2.75, 3.05) is 12.3 Å². The lowest BCUT2D eigenvalue weighted by molar-refractivity contribution is 0.142. The molecule has 4 N–H and O–H groups in total. The molecule has 0 radical (unpaired) electrons. The van der Waals surface area contributed by atoms with Gasteiger partial charge in [-0.1, -0.05) is 12.1 Å². The van der Waals surface area contributed by atoms with Crippen LogP contribution in [0.25, 0.3) is 0 Å². The normalized spacial score (nSPS) is 12.0. The fourth-order valence-corrected chi connectivity index (χ4v) is 1.67. The molecule has 0 bridgehead atoms. The first-order chi connectivity index (χ1) is 8.66. The van der Waals surface area contributed by atoms with Gasteiger partial charge in [0.2, 0.25) is 0 Å². The minimum absolute atomic E-state index is 0.126. The van der Waals surface area contributed by atoms with E-state index < -0.39 is 6.09 Å². The molecule has 1 amide bonds. The predicted molar refractivity (Wildman–Crippen MR) is 66.8 cm³/mol. The summed E-state index contributed by atoms with van der Waals surface area (Å²) in [5.41, 5.74) is 12.2. The summed E-state index contributed by atoms with van der Waals surface area (Å²) >= 11 is 0. The summed E-state index contributed by atoms with van der Waals surface area (Å²) < 4.78 is 6.56. The lowest BCUT2D eigenvalue weighted by Gasteiger charge is -2.17. The third-order valence-corrected chi connectivity index (χ3v) is 2.55. The topological polar surface area (TPSA) is 96.2 Å². The largest absolute Gasteiger partial charge is 0.447 e. The summed E-state index contributed by atoms with van der Waals surface area (Å²) in [4.78, 5) is 10.7. The van der Waals surface area contributed by atoms with Crippen molar-refractivity contribution in [3.8, 4) is 0 Å². The maximum absolute atomic E-state index is 10.7. The molecule has 18 heavy (non-hydrogen) atoms. The molecular formula is C12H14N4O2. The molecule has 0 saturated carbocycles. The first kappa shape index (κ1) is 12.0. The van der Waals surface area contributed by atoms with Crippen molar-refractivity contribution < 1.29 is 9.53 Å². The van der Waals surface area contributed by atoms with Gasteiger partial charge in [0.15, 0.2) is 0 Å². The van der Waals surface area contributed by atoms with Gasteiger partial charge in [-0.2, -0.15) is 5.10 Å². The molecule has 1 unspecified atom stereocenters. The lowest BCUT2D eigenvalue weighted by Crippen LogP contribution is -2.22. The first-order valence-corrected chi connectivity index (χ1v) is 5.43. The molecule has 6 nitrogen and oxygen atoms in total. The molecule has 2 aromatic rings. The zero-order chi connectivity index (χ0) is 13.0. The van der Waals surface area contributed by atoms with Crippen molar-refractivity contribution in [3.63, 3.8) is 0 Å². The van der Waals surface area contributed by atoms with Gasteiger partial charge in [-0.05, 0) is 23.8 Å². The number of hydrogen-bond acceptors (Lipinski definition) is 4. The summed E-state index contributed by atoms with van der Waals surface area (Å²) in [6.07, 6.45) is 2.66. The van der Waals surface area contributed by atoms with Gasteiger partial charge in [0.05, 0.1) is 0 Å². The summed E-state index contributed by atoms with van der Waals surface area (Å²) in [5, 5.41) is 4.15. The monoisotopic (exact) mass is 246 g/mol. The fourth-order valence-electron chi connectivity index (χ4n) is 1.67. The number of anilines is 1. The second-order valence-corrected chi connectivity index (χ2v) is 3.80. The highest BCUT2D eigenvalue weighted by molar-refractivity contribution is 5.64. The summed E-state index contributed by atoms with van der Waals surface area (Å²) in [6.45, 7) is 0.126. The van der Waals surface area contributed by atoms with E-state index in [9.17, 15) is 4.79 Å². The quantitative estimate of drug-likeness (QED) is 0.791. The van der Waals surface area contributed by atoms with Gasteiger partial charge in [0, 0.05) is 18.1 Å². The Kier molecular flexibility index (Phi) is 3.47. The molecule has 1 aromatic heterocycles. The molecule has 1 atom stereocenters. The number of primary amides is 1. The lowest BCUT2D eigenvalue weighted by atomic mass is 10.1. The molecular weight excluding hydrogens is 232 g/mol. The standard InChI is InChI=1S/C12H14N4O2/c13-10-4-2-9(3-5-10)11(8-18-12(14)17)16-7-1-6-15-16/h1-7,11H,8,13H2,(H2,14,17). The van der Waals surface area contributed by atoms with E-state index in [4.69, 9.17) is 16.2 Å². The third-order valence-electron chi connectivity index (χ3n) is 2.55. The number of carbonyl (C=O) groups excluding carboxylic acids is 1. The Bertz CT molecular complexity index is 507. The Hall–Kier alpha value is -2.50. The fraction of sp³-hybridized carbons (Fsp3) is 0.167. The van der Waals surface area contributed by atoms with Crippen LogP contribution < -0.4 is 11.5 Å². The van der Waals surface area contributed by atoms with Crippen LogP contribution in [0.4, 0.5) is 10.5 Å². The van der Waals surface area contributed by atoms with Gasteiger partial charge in [-0.25, -0.2) is 4.79 Å². The van der Waals surface area contributed by atoms with Crippen LogP contribution in [0.5, 0.6) is 0 Å². The average Bonchev–Trinajstić information content (AvgIpc) is 2.85. The van der Waals surface area contributed by atoms with Gasteiger partial charge in [-0.3, -0.25) is 4.68 Å². The van der Waals surface area contributed by atoms with Crippen LogP contribution in [0.3, 0.4) is 0 Å². The number of carbonyl (C=O) groups is 1. The molecule has 0 aliphatic rings. The number of aromatic nitrogens is 2. The van der Waals surface area contributed by atoms with Crippen molar-refractivity contribution in [1.82, 2.24) is 9.78 Å². The minimum Gasteiger partial charge on any atom is -0.447 e. The number of nitrogen functional groups attached to an aromatic ring is 1. The van der Waals surface area contributed by atoms with E-state index in [2.05, 4.69) is 5.10 Å². The average molecular weight is 246 g/mol. The Morgan fingerprint density at radius 1 is 1.39 bits per heavy atom. The van der Waals surface area contributed by atoms with Crippen molar-refractivity contribution in [2.24, 2.45) is 5.73 Å². The Morgan fingerprint density at radius 3 is 2.67 bits per heavy atom. The van der Waals surface area contributed by atoms with Crippen molar-refractivity contribution in [2.45, 2.75) is 6.04 Å². The van der Waals surface area contributed by atoms with Gasteiger partial charge in [0.25, 0.3) is 0 Å². The SMILES string of the molecule is NC(=O)OCC(c1ccc(N)cc1)n1cccn1. The van der Waals surface area contributed by atoms with Crippen LogP contribution in [0.2, 0.25) is 0 Å². The van der Waals surface area contributed by atoms with Crippen LogP contribution in [-0.2, 0) is 4.74 Å². The van der Waals surface area contributed by atoms with Crippen molar-refractivity contribution in [1.29, 1.82) is 0 Å². The third kappa shape index (κ3) is 2.79. The molecule has 0 spiro atoms. The number of ether oxygens (including phenoxy) is 1. The maximum Gasteiger partial charge on any atom is 0.404 e. The number of nitrogens with two attached hydrogens (primary N) is 2. The predicted octanol–water partition coefficient (Wildman–Crippen LogP) is 1.15.